The lowest BCUT2D eigenvalue weighted by Gasteiger charge is -2.53. The van der Waals surface area contributed by atoms with Crippen LogP contribution in [-0.2, 0) is 13.6 Å². The zero-order valence-corrected chi connectivity index (χ0v) is 13.6. The maximum Gasteiger partial charge on any atom is 0.0534 e. The Morgan fingerprint density at radius 2 is 1.95 bits per heavy atom. The monoisotopic (exact) mass is 288 g/mol. The molecule has 4 rings (SSSR count). The zero-order valence-electron chi connectivity index (χ0n) is 13.6. The van der Waals surface area contributed by atoms with Crippen LogP contribution in [0.2, 0.25) is 0 Å². The highest BCUT2D eigenvalue weighted by Crippen LogP contribution is 2.48. The van der Waals surface area contributed by atoms with Crippen LogP contribution < -0.4 is 5.32 Å². The molecule has 2 saturated carbocycles. The normalized spacial score (nSPS) is 37.9. The van der Waals surface area contributed by atoms with Crippen LogP contribution in [0.5, 0.6) is 0 Å². The molecule has 2 heterocycles. The molecule has 1 aromatic heterocycles. The second-order valence-electron chi connectivity index (χ2n) is 8.06. The van der Waals surface area contributed by atoms with Crippen molar-refractivity contribution in [3.05, 3.63) is 18.0 Å². The lowest BCUT2D eigenvalue weighted by molar-refractivity contribution is -0.00708. The largest absolute Gasteiger partial charge is 0.308 e. The second-order valence-corrected chi connectivity index (χ2v) is 8.06. The van der Waals surface area contributed by atoms with E-state index in [4.69, 9.17) is 0 Å². The van der Waals surface area contributed by atoms with E-state index in [-0.39, 0.29) is 0 Å². The number of nitrogens with zero attached hydrogens (tertiary/aromatic N) is 3. The fourth-order valence-corrected chi connectivity index (χ4v) is 4.24. The first kappa shape index (κ1) is 13.8. The number of hydrogen-bond donors (Lipinski definition) is 1. The van der Waals surface area contributed by atoms with Gasteiger partial charge in [-0.05, 0) is 51.4 Å². The molecule has 0 bridgehead atoms. The Morgan fingerprint density at radius 3 is 2.52 bits per heavy atom. The third kappa shape index (κ3) is 2.42. The molecule has 3 aliphatic rings. The molecule has 1 N–H and O–H groups in total. The zero-order chi connectivity index (χ0) is 14.7. The summed E-state index contributed by atoms with van der Waals surface area (Å²) in [5.74, 6) is 1.77. The minimum absolute atomic E-state index is 0.316. The summed E-state index contributed by atoms with van der Waals surface area (Å²) < 4.78 is 1.92. The van der Waals surface area contributed by atoms with Crippen molar-refractivity contribution in [1.29, 1.82) is 0 Å². The van der Waals surface area contributed by atoms with Gasteiger partial charge in [-0.25, -0.2) is 0 Å². The quantitative estimate of drug-likeness (QED) is 0.922. The Hall–Kier alpha value is -0.870. The molecule has 116 valence electrons. The first-order valence-corrected chi connectivity index (χ1v) is 8.47. The summed E-state index contributed by atoms with van der Waals surface area (Å²) in [5.41, 5.74) is 1.99. The van der Waals surface area contributed by atoms with Crippen molar-refractivity contribution in [2.75, 3.05) is 13.1 Å². The Labute approximate surface area is 127 Å². The van der Waals surface area contributed by atoms with Crippen molar-refractivity contribution in [1.82, 2.24) is 20.0 Å². The average molecular weight is 288 g/mol. The van der Waals surface area contributed by atoms with Crippen LogP contribution >= 0.6 is 0 Å². The molecule has 0 spiro atoms. The van der Waals surface area contributed by atoms with Crippen molar-refractivity contribution >= 4 is 0 Å². The Balaban J connectivity index is 1.57. The van der Waals surface area contributed by atoms with Gasteiger partial charge in [0.25, 0.3) is 0 Å². The smallest absolute Gasteiger partial charge is 0.0534 e. The molecular formula is C17H28N4. The number of aryl methyl sites for hydroxylation is 1. The molecule has 4 heteroatoms. The first-order chi connectivity index (χ1) is 9.99. The van der Waals surface area contributed by atoms with Crippen molar-refractivity contribution in [3.8, 4) is 0 Å². The van der Waals surface area contributed by atoms with Gasteiger partial charge in [-0.15, -0.1) is 0 Å². The maximum atomic E-state index is 4.35. The summed E-state index contributed by atoms with van der Waals surface area (Å²) >= 11 is 0. The lowest BCUT2D eigenvalue weighted by Crippen LogP contribution is -2.69. The molecule has 2 aliphatic carbocycles. The van der Waals surface area contributed by atoms with Gasteiger partial charge < -0.3 is 5.32 Å². The summed E-state index contributed by atoms with van der Waals surface area (Å²) in [6.07, 6.45) is 9.83. The molecule has 0 radical (unpaired) electrons. The van der Waals surface area contributed by atoms with Gasteiger partial charge in [-0.3, -0.25) is 9.58 Å². The molecule has 0 aromatic carbocycles. The van der Waals surface area contributed by atoms with Gasteiger partial charge in [-0.2, -0.15) is 5.10 Å². The summed E-state index contributed by atoms with van der Waals surface area (Å²) in [6, 6.07) is 0. The molecular weight excluding hydrogens is 260 g/mol. The molecule has 3 fully saturated rings. The fraction of sp³-hybridized carbons (Fsp3) is 0.824. The van der Waals surface area contributed by atoms with Crippen molar-refractivity contribution in [2.45, 2.75) is 57.2 Å². The highest BCUT2D eigenvalue weighted by Gasteiger charge is 2.54. The predicted octanol–water partition coefficient (Wildman–Crippen LogP) is 2.16. The molecule has 1 saturated heterocycles. The number of aromatic nitrogens is 2. The molecule has 2 unspecified atom stereocenters. The topological polar surface area (TPSA) is 33.1 Å². The van der Waals surface area contributed by atoms with Crippen molar-refractivity contribution < 1.29 is 0 Å². The van der Waals surface area contributed by atoms with E-state index in [0.717, 1.165) is 24.9 Å². The molecule has 2 atom stereocenters. The van der Waals surface area contributed by atoms with Crippen LogP contribution in [0.1, 0.15) is 45.1 Å². The number of rotatable bonds is 4. The van der Waals surface area contributed by atoms with Gasteiger partial charge >= 0.3 is 0 Å². The Kier molecular flexibility index (Phi) is 2.99. The summed E-state index contributed by atoms with van der Waals surface area (Å²) in [7, 11) is 2.01. The predicted molar refractivity (Wildman–Crippen MR) is 83.9 cm³/mol. The maximum absolute atomic E-state index is 4.35. The average Bonchev–Trinajstić information content (AvgIpc) is 3.33. The number of piperazine rings is 1. The number of nitrogens with one attached hydrogen (secondary N) is 1. The van der Waals surface area contributed by atoms with E-state index in [9.17, 15) is 0 Å². The Morgan fingerprint density at radius 1 is 1.24 bits per heavy atom. The van der Waals surface area contributed by atoms with Crippen molar-refractivity contribution in [2.24, 2.45) is 18.9 Å². The lowest BCUT2D eigenvalue weighted by atomic mass is 9.83. The van der Waals surface area contributed by atoms with Gasteiger partial charge in [0.2, 0.25) is 0 Å². The van der Waals surface area contributed by atoms with Crippen LogP contribution in [0.3, 0.4) is 0 Å². The summed E-state index contributed by atoms with van der Waals surface area (Å²) in [6.45, 7) is 8.28. The molecule has 4 nitrogen and oxygen atoms in total. The van der Waals surface area contributed by atoms with Crippen molar-refractivity contribution in [3.63, 3.8) is 0 Å². The third-order valence-corrected chi connectivity index (χ3v) is 6.16. The van der Waals surface area contributed by atoms with Crippen LogP contribution in [-0.4, -0.2) is 38.8 Å². The van der Waals surface area contributed by atoms with E-state index in [2.05, 4.69) is 35.4 Å². The van der Waals surface area contributed by atoms with Crippen LogP contribution in [0.15, 0.2) is 12.4 Å². The number of hydrogen-bond acceptors (Lipinski definition) is 3. The van der Waals surface area contributed by atoms with Crippen LogP contribution in [0.25, 0.3) is 0 Å². The minimum Gasteiger partial charge on any atom is -0.308 e. The molecule has 0 amide bonds. The van der Waals surface area contributed by atoms with Crippen LogP contribution in [0.4, 0.5) is 0 Å². The van der Waals surface area contributed by atoms with Gasteiger partial charge in [0, 0.05) is 49.5 Å². The van der Waals surface area contributed by atoms with E-state index in [1.807, 2.05) is 17.9 Å². The first-order valence-electron chi connectivity index (χ1n) is 8.47. The molecule has 1 aromatic rings. The van der Waals surface area contributed by atoms with Gasteiger partial charge in [-0.1, -0.05) is 0 Å². The highest BCUT2D eigenvalue weighted by molar-refractivity contribution is 5.14. The van der Waals surface area contributed by atoms with E-state index >= 15 is 0 Å². The minimum atomic E-state index is 0.316. The summed E-state index contributed by atoms with van der Waals surface area (Å²) in [4.78, 5) is 2.76. The van der Waals surface area contributed by atoms with Crippen LogP contribution in [0, 0.1) is 11.8 Å². The van der Waals surface area contributed by atoms with E-state index in [1.54, 1.807) is 0 Å². The van der Waals surface area contributed by atoms with Gasteiger partial charge in [0.05, 0.1) is 6.20 Å². The van der Waals surface area contributed by atoms with Gasteiger partial charge in [0.1, 0.15) is 0 Å². The standard InChI is InChI=1S/C17H28N4/c1-16(14-4-5-14)12-21(10-13-8-19-20(3)9-13)17(2,11-18-16)15-6-7-15/h8-9,14-15,18H,4-7,10-12H2,1-3H3. The van der Waals surface area contributed by atoms with E-state index in [1.165, 1.54) is 37.8 Å². The fourth-order valence-electron chi connectivity index (χ4n) is 4.24. The van der Waals surface area contributed by atoms with E-state index in [0.29, 0.717) is 11.1 Å². The highest BCUT2D eigenvalue weighted by atomic mass is 15.3. The molecule has 21 heavy (non-hydrogen) atoms. The summed E-state index contributed by atoms with van der Waals surface area (Å²) in [5, 5.41) is 8.28. The van der Waals surface area contributed by atoms with Gasteiger partial charge in [0.15, 0.2) is 0 Å². The Bertz CT molecular complexity index is 531. The third-order valence-electron chi connectivity index (χ3n) is 6.16. The van der Waals surface area contributed by atoms with E-state index < -0.39 is 0 Å². The SMILES string of the molecule is Cn1cc(CN2CC(C)(C3CC3)NCC2(C)C2CC2)cn1. The second kappa shape index (κ2) is 4.56. The molecule has 1 aliphatic heterocycles.